The first-order valence-electron chi connectivity index (χ1n) is 8.73. The minimum absolute atomic E-state index is 0.0675. The van der Waals surface area contributed by atoms with Crippen molar-refractivity contribution in [2.45, 2.75) is 6.92 Å². The molecule has 0 saturated heterocycles. The molecule has 0 radical (unpaired) electrons. The summed E-state index contributed by atoms with van der Waals surface area (Å²) >= 11 is 0. The number of hydrogen-bond donors (Lipinski definition) is 3. The first-order chi connectivity index (χ1) is 13.5. The van der Waals surface area contributed by atoms with E-state index in [0.29, 0.717) is 33.0 Å². The number of nitrogens with one attached hydrogen (secondary N) is 2. The normalized spacial score (nSPS) is 13.2. The van der Waals surface area contributed by atoms with Crippen molar-refractivity contribution in [2.24, 2.45) is 0 Å². The number of phenols is 1. The average molecular weight is 370 g/mol. The van der Waals surface area contributed by atoms with Crippen molar-refractivity contribution in [2.75, 3.05) is 0 Å². The first-order valence-corrected chi connectivity index (χ1v) is 8.73. The van der Waals surface area contributed by atoms with Gasteiger partial charge in [0.1, 0.15) is 5.75 Å². The second-order valence-electron chi connectivity index (χ2n) is 6.84. The minimum Gasteiger partial charge on any atom is -0.508 e. The molecular weight excluding hydrogens is 356 g/mol. The van der Waals surface area contributed by atoms with E-state index < -0.39 is 11.8 Å². The van der Waals surface area contributed by atoms with Crippen molar-refractivity contribution in [1.29, 1.82) is 0 Å². The van der Waals surface area contributed by atoms with Crippen LogP contribution in [0, 0.1) is 0 Å². The van der Waals surface area contributed by atoms with Crippen LogP contribution in [0.4, 0.5) is 0 Å². The van der Waals surface area contributed by atoms with Gasteiger partial charge in [-0.05, 0) is 42.3 Å². The van der Waals surface area contributed by atoms with Crippen molar-refractivity contribution in [3.8, 4) is 16.9 Å². The Hall–Kier alpha value is -3.93. The van der Waals surface area contributed by atoms with Gasteiger partial charge in [0.05, 0.1) is 11.1 Å². The maximum absolute atomic E-state index is 12.6. The van der Waals surface area contributed by atoms with Gasteiger partial charge in [-0.15, -0.1) is 0 Å². The second kappa shape index (κ2) is 5.53. The number of aromatic hydroxyl groups is 1. The lowest BCUT2D eigenvalue weighted by Crippen LogP contribution is -2.20. The summed E-state index contributed by atoms with van der Waals surface area (Å²) in [6, 6.07) is 13.6. The van der Waals surface area contributed by atoms with E-state index >= 15 is 0 Å². The van der Waals surface area contributed by atoms with Gasteiger partial charge in [-0.25, -0.2) is 0 Å². The molecule has 2 amide bonds. The largest absolute Gasteiger partial charge is 0.508 e. The molecule has 136 valence electrons. The molecule has 0 unspecified atom stereocenters. The zero-order chi connectivity index (χ0) is 19.6. The van der Waals surface area contributed by atoms with Crippen LogP contribution in [0.5, 0.6) is 5.75 Å². The Labute approximate surface area is 158 Å². The summed E-state index contributed by atoms with van der Waals surface area (Å²) in [4.78, 5) is 40.7. The van der Waals surface area contributed by atoms with E-state index in [9.17, 15) is 19.5 Å². The fraction of sp³-hybridized carbons (Fsp3) is 0.0455. The third-order valence-electron chi connectivity index (χ3n) is 5.15. The predicted molar refractivity (Wildman–Crippen MR) is 105 cm³/mol. The summed E-state index contributed by atoms with van der Waals surface area (Å²) in [5, 5.41) is 13.5. The summed E-state index contributed by atoms with van der Waals surface area (Å²) in [7, 11) is 0. The van der Waals surface area contributed by atoms with Crippen molar-refractivity contribution in [3.05, 3.63) is 65.2 Å². The maximum Gasteiger partial charge on any atom is 0.259 e. The summed E-state index contributed by atoms with van der Waals surface area (Å²) in [6.07, 6.45) is 0. The molecule has 4 aromatic rings. The van der Waals surface area contributed by atoms with Gasteiger partial charge in [-0.1, -0.05) is 24.3 Å². The van der Waals surface area contributed by atoms with Crippen LogP contribution in [-0.2, 0) is 0 Å². The Balaban J connectivity index is 1.97. The van der Waals surface area contributed by atoms with Crippen LogP contribution >= 0.6 is 0 Å². The SMILES string of the molecule is CC(=O)c1ccccc1-c1cc2[nH]c3ccc(O)cc3c2c2c1C(=O)NC2=O. The van der Waals surface area contributed by atoms with E-state index in [-0.39, 0.29) is 22.7 Å². The van der Waals surface area contributed by atoms with Crippen molar-refractivity contribution >= 4 is 39.4 Å². The lowest BCUT2D eigenvalue weighted by atomic mass is 9.90. The van der Waals surface area contributed by atoms with Gasteiger partial charge in [-0.3, -0.25) is 19.7 Å². The van der Waals surface area contributed by atoms with Crippen LogP contribution in [0.2, 0.25) is 0 Å². The molecule has 28 heavy (non-hydrogen) atoms. The highest BCUT2D eigenvalue weighted by Gasteiger charge is 2.34. The average Bonchev–Trinajstić information content (AvgIpc) is 3.17. The highest BCUT2D eigenvalue weighted by Crippen LogP contribution is 2.40. The third-order valence-corrected chi connectivity index (χ3v) is 5.15. The van der Waals surface area contributed by atoms with Crippen LogP contribution in [0.3, 0.4) is 0 Å². The number of carbonyl (C=O) groups excluding carboxylic acids is 3. The van der Waals surface area contributed by atoms with E-state index in [2.05, 4.69) is 10.3 Å². The lowest BCUT2D eigenvalue weighted by molar-refractivity contribution is 0.0879. The number of carbonyl (C=O) groups is 3. The number of fused-ring (bicyclic) bond motifs is 5. The van der Waals surface area contributed by atoms with Gasteiger partial charge in [-0.2, -0.15) is 0 Å². The smallest absolute Gasteiger partial charge is 0.259 e. The fourth-order valence-electron chi connectivity index (χ4n) is 3.98. The van der Waals surface area contributed by atoms with E-state index in [1.807, 2.05) is 0 Å². The number of hydrogen-bond acceptors (Lipinski definition) is 4. The topological polar surface area (TPSA) is 99.3 Å². The molecule has 6 heteroatoms. The van der Waals surface area contributed by atoms with Crippen LogP contribution in [0.1, 0.15) is 38.0 Å². The van der Waals surface area contributed by atoms with Crippen LogP contribution < -0.4 is 5.32 Å². The Kier molecular flexibility index (Phi) is 3.21. The molecule has 2 heterocycles. The van der Waals surface area contributed by atoms with Crippen LogP contribution in [0.15, 0.2) is 48.5 Å². The van der Waals surface area contributed by atoms with E-state index in [0.717, 1.165) is 5.52 Å². The van der Waals surface area contributed by atoms with Crippen LogP contribution in [0.25, 0.3) is 32.9 Å². The molecule has 6 nitrogen and oxygen atoms in total. The Morgan fingerprint density at radius 3 is 2.43 bits per heavy atom. The number of aromatic nitrogens is 1. The van der Waals surface area contributed by atoms with Gasteiger partial charge in [0.15, 0.2) is 5.78 Å². The van der Waals surface area contributed by atoms with E-state index in [1.54, 1.807) is 48.5 Å². The van der Waals surface area contributed by atoms with Gasteiger partial charge in [0.25, 0.3) is 11.8 Å². The molecule has 1 aliphatic rings. The molecule has 3 aromatic carbocycles. The second-order valence-corrected chi connectivity index (χ2v) is 6.84. The first kappa shape index (κ1) is 16.3. The predicted octanol–water partition coefficient (Wildman–Crippen LogP) is 3.78. The van der Waals surface area contributed by atoms with Crippen molar-refractivity contribution in [1.82, 2.24) is 10.3 Å². The molecule has 0 spiro atoms. The molecule has 0 atom stereocenters. The summed E-state index contributed by atoms with van der Waals surface area (Å²) in [6.45, 7) is 1.47. The van der Waals surface area contributed by atoms with Gasteiger partial charge in [0.2, 0.25) is 0 Å². The maximum atomic E-state index is 12.6. The molecule has 0 fully saturated rings. The Morgan fingerprint density at radius 1 is 0.893 bits per heavy atom. The molecule has 0 aliphatic carbocycles. The number of benzene rings is 3. The summed E-state index contributed by atoms with van der Waals surface area (Å²) < 4.78 is 0. The fourth-order valence-corrected chi connectivity index (χ4v) is 3.98. The van der Waals surface area contributed by atoms with Crippen LogP contribution in [-0.4, -0.2) is 27.7 Å². The van der Waals surface area contributed by atoms with Crippen molar-refractivity contribution in [3.63, 3.8) is 0 Å². The number of phenolic OH excluding ortho intramolecular Hbond substituents is 1. The molecule has 3 N–H and O–H groups in total. The van der Waals surface area contributed by atoms with E-state index in [1.165, 1.54) is 6.92 Å². The molecular formula is C22H14N2O4. The Morgan fingerprint density at radius 2 is 1.64 bits per heavy atom. The zero-order valence-electron chi connectivity index (χ0n) is 14.8. The molecule has 1 aromatic heterocycles. The molecule has 0 bridgehead atoms. The quantitative estimate of drug-likeness (QED) is 0.369. The third kappa shape index (κ3) is 2.11. The highest BCUT2D eigenvalue weighted by atomic mass is 16.3. The van der Waals surface area contributed by atoms with Gasteiger partial charge >= 0.3 is 0 Å². The lowest BCUT2D eigenvalue weighted by Gasteiger charge is -2.11. The number of H-pyrrole nitrogens is 1. The number of imide groups is 1. The number of amides is 2. The molecule has 1 aliphatic heterocycles. The Bertz CT molecular complexity index is 1360. The summed E-state index contributed by atoms with van der Waals surface area (Å²) in [5.41, 5.74) is 3.48. The monoisotopic (exact) mass is 370 g/mol. The van der Waals surface area contributed by atoms with E-state index in [4.69, 9.17) is 0 Å². The van der Waals surface area contributed by atoms with Gasteiger partial charge in [0, 0.05) is 27.4 Å². The molecule has 5 rings (SSSR count). The highest BCUT2D eigenvalue weighted by molar-refractivity contribution is 6.32. The number of aromatic amines is 1. The summed E-state index contributed by atoms with van der Waals surface area (Å²) in [5.74, 6) is -1.05. The number of Topliss-reactive ketones (excluding diaryl/α,β-unsaturated/α-hetero) is 1. The minimum atomic E-state index is -0.496. The number of ketones is 1. The number of rotatable bonds is 2. The molecule has 0 saturated carbocycles. The van der Waals surface area contributed by atoms with Gasteiger partial charge < -0.3 is 10.1 Å². The van der Waals surface area contributed by atoms with Crippen molar-refractivity contribution < 1.29 is 19.5 Å². The zero-order valence-corrected chi connectivity index (χ0v) is 14.8. The standard InChI is InChI=1S/C22H14N2O4/c1-10(25)12-4-2-3-5-13(12)14-9-17-18(20-19(14)21(27)24-22(20)28)15-8-11(26)6-7-16(15)23-17/h2-9,23,26H,1H3,(H,24,27,28).